The van der Waals surface area contributed by atoms with Crippen LogP contribution in [0, 0.1) is 6.92 Å². The summed E-state index contributed by atoms with van der Waals surface area (Å²) in [5.41, 5.74) is 1.53. The predicted molar refractivity (Wildman–Crippen MR) is 81.2 cm³/mol. The first kappa shape index (κ1) is 14.9. The molecule has 1 amide bonds. The quantitative estimate of drug-likeness (QED) is 0.853. The molecule has 20 heavy (non-hydrogen) atoms. The second-order valence-electron chi connectivity index (χ2n) is 4.68. The maximum atomic E-state index is 12.2. The molecule has 0 radical (unpaired) electrons. The molecule has 0 spiro atoms. The lowest BCUT2D eigenvalue weighted by molar-refractivity contribution is -0.118. The van der Waals surface area contributed by atoms with Crippen molar-refractivity contribution < 1.29 is 9.53 Å². The Morgan fingerprint density at radius 1 is 1.50 bits per heavy atom. The van der Waals surface area contributed by atoms with Gasteiger partial charge in [0.2, 0.25) is 5.91 Å². The molecule has 0 N–H and O–H groups in total. The number of anilines is 1. The molecule has 1 aliphatic rings. The van der Waals surface area contributed by atoms with Crippen LogP contribution >= 0.6 is 11.6 Å². The summed E-state index contributed by atoms with van der Waals surface area (Å²) in [6.45, 7) is 6.84. The van der Waals surface area contributed by atoms with Gasteiger partial charge in [0.05, 0.1) is 12.3 Å². The Bertz CT molecular complexity index is 555. The molecule has 0 aromatic carbocycles. The zero-order valence-corrected chi connectivity index (χ0v) is 12.8. The molecule has 0 saturated heterocycles. The van der Waals surface area contributed by atoms with Gasteiger partial charge in [0.1, 0.15) is 11.6 Å². The largest absolute Gasteiger partial charge is 0.492 e. The van der Waals surface area contributed by atoms with Crippen LogP contribution in [0.5, 0.6) is 5.75 Å². The van der Waals surface area contributed by atoms with Crippen LogP contribution in [0.2, 0.25) is 0 Å². The van der Waals surface area contributed by atoms with Gasteiger partial charge >= 0.3 is 0 Å². The molecule has 0 aliphatic carbocycles. The van der Waals surface area contributed by atoms with Crippen LogP contribution in [0.1, 0.15) is 37.9 Å². The monoisotopic (exact) mass is 294 g/mol. The van der Waals surface area contributed by atoms with Crippen molar-refractivity contribution in [3.8, 4) is 5.75 Å². The Hall–Kier alpha value is -1.55. The molecule has 1 aromatic rings. The third-order valence-corrected chi connectivity index (χ3v) is 3.54. The first-order valence-corrected chi connectivity index (χ1v) is 7.27. The average molecular weight is 295 g/mol. The van der Waals surface area contributed by atoms with Crippen molar-refractivity contribution in [1.82, 2.24) is 4.98 Å². The van der Waals surface area contributed by atoms with Gasteiger partial charge in [-0.25, -0.2) is 4.98 Å². The zero-order valence-electron chi connectivity index (χ0n) is 12.1. The molecule has 5 heteroatoms. The number of aryl methyl sites for hydroxylation is 1. The van der Waals surface area contributed by atoms with E-state index in [9.17, 15) is 4.79 Å². The molecule has 0 atom stereocenters. The highest BCUT2D eigenvalue weighted by Gasteiger charge is 2.25. The minimum atomic E-state index is 0.0743. The summed E-state index contributed by atoms with van der Waals surface area (Å²) < 4.78 is 5.54. The van der Waals surface area contributed by atoms with Crippen molar-refractivity contribution in [2.24, 2.45) is 0 Å². The molecule has 1 aromatic heterocycles. The smallest absolute Gasteiger partial charge is 0.228 e. The van der Waals surface area contributed by atoms with E-state index in [2.05, 4.69) is 4.98 Å². The summed E-state index contributed by atoms with van der Waals surface area (Å²) in [5.74, 6) is 1.42. The summed E-state index contributed by atoms with van der Waals surface area (Å²) in [5, 5.41) is 0.619. The molecule has 4 nitrogen and oxygen atoms in total. The maximum Gasteiger partial charge on any atom is 0.228 e. The number of fused-ring (bicyclic) bond motifs is 1. The molecule has 2 heterocycles. The number of nitrogens with zero attached hydrogens (tertiary/aromatic N) is 2. The van der Waals surface area contributed by atoms with Gasteiger partial charge in [-0.1, -0.05) is 18.5 Å². The Kier molecular flexibility index (Phi) is 4.65. The number of hydrogen-bond donors (Lipinski definition) is 0. The minimum absolute atomic E-state index is 0.0743. The lowest BCUT2D eigenvalue weighted by atomic mass is 10.1. The van der Waals surface area contributed by atoms with E-state index in [4.69, 9.17) is 16.3 Å². The molecule has 0 unspecified atom stereocenters. The fraction of sp³-hybridized carbons (Fsp3) is 0.467. The normalized spacial score (nSPS) is 13.8. The summed E-state index contributed by atoms with van der Waals surface area (Å²) in [4.78, 5) is 18.4. The van der Waals surface area contributed by atoms with Crippen LogP contribution < -0.4 is 9.64 Å². The van der Waals surface area contributed by atoms with E-state index in [1.165, 1.54) is 0 Å². The lowest BCUT2D eigenvalue weighted by Gasteiger charge is -2.27. The number of pyridine rings is 1. The maximum absolute atomic E-state index is 12.2. The number of ether oxygens (including phenoxy) is 1. The number of rotatable bonds is 4. The first-order valence-electron chi connectivity index (χ1n) is 6.89. The van der Waals surface area contributed by atoms with Gasteiger partial charge in [0.15, 0.2) is 0 Å². The van der Waals surface area contributed by atoms with E-state index in [-0.39, 0.29) is 5.91 Å². The molecule has 0 bridgehead atoms. The average Bonchev–Trinajstić information content (AvgIpc) is 2.41. The third kappa shape index (κ3) is 2.80. The van der Waals surface area contributed by atoms with E-state index in [0.717, 1.165) is 17.7 Å². The molecule has 108 valence electrons. The van der Waals surface area contributed by atoms with Crippen LogP contribution in [0.15, 0.2) is 12.1 Å². The second kappa shape index (κ2) is 6.27. The molecule has 2 rings (SSSR count). The summed E-state index contributed by atoms with van der Waals surface area (Å²) in [6, 6.07) is 1.87. The summed E-state index contributed by atoms with van der Waals surface area (Å²) in [6.07, 6.45) is 3.17. The number of halogens is 1. The van der Waals surface area contributed by atoms with Gasteiger partial charge in [0, 0.05) is 23.6 Å². The fourth-order valence-electron chi connectivity index (χ4n) is 2.19. The van der Waals surface area contributed by atoms with Crippen molar-refractivity contribution in [3.05, 3.63) is 23.4 Å². The topological polar surface area (TPSA) is 42.4 Å². The first-order chi connectivity index (χ1) is 9.58. The Morgan fingerprint density at radius 3 is 2.90 bits per heavy atom. The van der Waals surface area contributed by atoms with Gasteiger partial charge in [-0.2, -0.15) is 0 Å². The van der Waals surface area contributed by atoms with E-state index in [0.29, 0.717) is 36.2 Å². The van der Waals surface area contributed by atoms with Crippen LogP contribution in [0.4, 0.5) is 5.82 Å². The highest BCUT2D eigenvalue weighted by Crippen LogP contribution is 2.36. The fourth-order valence-corrected chi connectivity index (χ4v) is 2.40. The molecule has 0 fully saturated rings. The van der Waals surface area contributed by atoms with Gasteiger partial charge in [-0.15, -0.1) is 0 Å². The van der Waals surface area contributed by atoms with Gasteiger partial charge < -0.3 is 4.74 Å². The van der Waals surface area contributed by atoms with E-state index in [1.54, 1.807) is 4.90 Å². The van der Waals surface area contributed by atoms with Crippen molar-refractivity contribution in [2.75, 3.05) is 18.1 Å². The van der Waals surface area contributed by atoms with E-state index in [1.807, 2.05) is 32.9 Å². The van der Waals surface area contributed by atoms with Crippen molar-refractivity contribution in [1.29, 1.82) is 0 Å². The summed E-state index contributed by atoms with van der Waals surface area (Å²) in [7, 11) is 0. The van der Waals surface area contributed by atoms with E-state index < -0.39 is 0 Å². The number of carbonyl (C=O) groups is 1. The molecule has 1 aliphatic heterocycles. The van der Waals surface area contributed by atoms with Crippen LogP contribution in [0.3, 0.4) is 0 Å². The highest BCUT2D eigenvalue weighted by molar-refractivity contribution is 6.49. The number of hydrogen-bond acceptors (Lipinski definition) is 3. The lowest BCUT2D eigenvalue weighted by Crippen LogP contribution is -2.34. The van der Waals surface area contributed by atoms with Crippen molar-refractivity contribution in [3.63, 3.8) is 0 Å². The minimum Gasteiger partial charge on any atom is -0.492 e. The van der Waals surface area contributed by atoms with Crippen LogP contribution in [-0.2, 0) is 4.79 Å². The Labute approximate surface area is 124 Å². The van der Waals surface area contributed by atoms with Crippen LogP contribution in [-0.4, -0.2) is 24.0 Å². The SMILES string of the molecule is CCCC(=O)N1CC=C(Cl)c2cc(OCC)c(C)nc21. The summed E-state index contributed by atoms with van der Waals surface area (Å²) >= 11 is 6.25. The standard InChI is InChI=1S/C15H19ClN2O2/c1-4-6-14(19)18-8-7-12(16)11-9-13(20-5-2)10(3)17-15(11)18/h7,9H,4-6,8H2,1-3H3. The van der Waals surface area contributed by atoms with Gasteiger partial charge in [-0.3, -0.25) is 9.69 Å². The highest BCUT2D eigenvalue weighted by atomic mass is 35.5. The molecular weight excluding hydrogens is 276 g/mol. The van der Waals surface area contributed by atoms with Crippen LogP contribution in [0.25, 0.3) is 5.03 Å². The van der Waals surface area contributed by atoms with E-state index >= 15 is 0 Å². The zero-order chi connectivity index (χ0) is 14.7. The Morgan fingerprint density at radius 2 is 2.25 bits per heavy atom. The van der Waals surface area contributed by atoms with Crippen molar-refractivity contribution in [2.45, 2.75) is 33.6 Å². The Balaban J connectivity index is 2.45. The van der Waals surface area contributed by atoms with Crippen molar-refractivity contribution >= 4 is 28.4 Å². The van der Waals surface area contributed by atoms with Gasteiger partial charge in [0.25, 0.3) is 0 Å². The second-order valence-corrected chi connectivity index (χ2v) is 5.09. The number of aromatic nitrogens is 1. The number of carbonyl (C=O) groups excluding carboxylic acids is 1. The molecular formula is C15H19ClN2O2. The van der Waals surface area contributed by atoms with Gasteiger partial charge in [-0.05, 0) is 32.4 Å². The predicted octanol–water partition coefficient (Wildman–Crippen LogP) is 3.52. The third-order valence-electron chi connectivity index (χ3n) is 3.18. The number of amides is 1. The molecule has 0 saturated carbocycles.